The standard InChI is InChI=1S/C16H18F2N6O/c1-10-13(24-7-4-3-5-12(24)19-10)14-20-21-16(22(14)2)23-8-6-11(9-23)25-15(17)18/h3-5,7,11,15H,6,8-9H2,1-2H3/t11-/m0/s1. The Labute approximate surface area is 142 Å². The minimum Gasteiger partial charge on any atom is -0.338 e. The number of hydrogen-bond acceptors (Lipinski definition) is 5. The monoisotopic (exact) mass is 348 g/mol. The van der Waals surface area contributed by atoms with Gasteiger partial charge in [-0.2, -0.15) is 8.78 Å². The van der Waals surface area contributed by atoms with Gasteiger partial charge in [-0.25, -0.2) is 4.98 Å². The van der Waals surface area contributed by atoms with Crippen LogP contribution in [0.2, 0.25) is 0 Å². The molecule has 0 N–H and O–H groups in total. The first kappa shape index (κ1) is 15.9. The summed E-state index contributed by atoms with van der Waals surface area (Å²) in [5, 5.41) is 8.59. The predicted molar refractivity (Wildman–Crippen MR) is 87.6 cm³/mol. The van der Waals surface area contributed by atoms with Crippen LogP contribution < -0.4 is 4.90 Å². The molecule has 3 aromatic rings. The van der Waals surface area contributed by atoms with E-state index in [0.29, 0.717) is 31.3 Å². The van der Waals surface area contributed by atoms with Gasteiger partial charge in [0.25, 0.3) is 0 Å². The van der Waals surface area contributed by atoms with Gasteiger partial charge in [0, 0.05) is 26.3 Å². The fourth-order valence-electron chi connectivity index (χ4n) is 3.35. The van der Waals surface area contributed by atoms with Crippen molar-refractivity contribution in [3.63, 3.8) is 0 Å². The maximum Gasteiger partial charge on any atom is 0.345 e. The molecule has 1 atom stereocenters. The molecule has 0 aromatic carbocycles. The molecule has 0 unspecified atom stereocenters. The average molecular weight is 348 g/mol. The molecule has 132 valence electrons. The van der Waals surface area contributed by atoms with Crippen molar-refractivity contribution in [1.29, 1.82) is 0 Å². The number of nitrogens with zero attached hydrogens (tertiary/aromatic N) is 6. The van der Waals surface area contributed by atoms with E-state index in [9.17, 15) is 8.78 Å². The predicted octanol–water partition coefficient (Wildman–Crippen LogP) is 2.26. The molecule has 1 saturated heterocycles. The third-order valence-electron chi connectivity index (χ3n) is 4.49. The zero-order valence-electron chi connectivity index (χ0n) is 13.9. The highest BCUT2D eigenvalue weighted by molar-refractivity contribution is 5.62. The Hall–Kier alpha value is -2.55. The quantitative estimate of drug-likeness (QED) is 0.724. The van der Waals surface area contributed by atoms with Gasteiger partial charge >= 0.3 is 6.61 Å². The highest BCUT2D eigenvalue weighted by Gasteiger charge is 2.29. The van der Waals surface area contributed by atoms with Gasteiger partial charge in [0.05, 0.1) is 11.8 Å². The molecule has 1 fully saturated rings. The van der Waals surface area contributed by atoms with Crippen LogP contribution in [-0.2, 0) is 11.8 Å². The zero-order valence-corrected chi connectivity index (χ0v) is 13.9. The third-order valence-corrected chi connectivity index (χ3v) is 4.49. The summed E-state index contributed by atoms with van der Waals surface area (Å²) in [7, 11) is 1.87. The van der Waals surface area contributed by atoms with Crippen molar-refractivity contribution < 1.29 is 13.5 Å². The molecule has 9 heteroatoms. The van der Waals surface area contributed by atoms with E-state index < -0.39 is 12.7 Å². The maximum atomic E-state index is 12.4. The number of hydrogen-bond donors (Lipinski definition) is 0. The minimum absolute atomic E-state index is 0.377. The van der Waals surface area contributed by atoms with Crippen LogP contribution in [0.4, 0.5) is 14.7 Å². The van der Waals surface area contributed by atoms with Gasteiger partial charge < -0.3 is 9.64 Å². The summed E-state index contributed by atoms with van der Waals surface area (Å²) in [5.41, 5.74) is 2.57. The normalized spacial score (nSPS) is 18.0. The number of pyridine rings is 1. The number of halogens is 2. The fourth-order valence-corrected chi connectivity index (χ4v) is 3.35. The molecule has 4 rings (SSSR count). The Morgan fingerprint density at radius 1 is 1.28 bits per heavy atom. The van der Waals surface area contributed by atoms with E-state index in [1.54, 1.807) is 0 Å². The number of aromatic nitrogens is 5. The first-order valence-corrected chi connectivity index (χ1v) is 8.06. The smallest absolute Gasteiger partial charge is 0.338 e. The molecule has 7 nitrogen and oxygen atoms in total. The second-order valence-corrected chi connectivity index (χ2v) is 6.11. The van der Waals surface area contributed by atoms with Crippen LogP contribution >= 0.6 is 0 Å². The van der Waals surface area contributed by atoms with Crippen LogP contribution in [-0.4, -0.2) is 50.0 Å². The van der Waals surface area contributed by atoms with Crippen LogP contribution in [0.3, 0.4) is 0 Å². The molecule has 1 aliphatic rings. The van der Waals surface area contributed by atoms with Crippen molar-refractivity contribution in [3.8, 4) is 11.5 Å². The Morgan fingerprint density at radius 3 is 2.92 bits per heavy atom. The molecule has 0 bridgehead atoms. The molecule has 3 aromatic heterocycles. The average Bonchev–Trinajstić information content (AvgIpc) is 3.24. The van der Waals surface area contributed by atoms with Crippen molar-refractivity contribution in [1.82, 2.24) is 24.1 Å². The lowest BCUT2D eigenvalue weighted by atomic mass is 10.3. The van der Waals surface area contributed by atoms with Gasteiger partial charge in [-0.1, -0.05) is 6.07 Å². The summed E-state index contributed by atoms with van der Waals surface area (Å²) in [6.45, 7) is 0.164. The van der Waals surface area contributed by atoms with E-state index in [0.717, 1.165) is 17.0 Å². The SMILES string of the molecule is Cc1nc2ccccn2c1-c1nnc(N2CC[C@H](OC(F)F)C2)n1C. The first-order chi connectivity index (χ1) is 12.0. The zero-order chi connectivity index (χ0) is 17.6. The number of rotatable bonds is 4. The number of fused-ring (bicyclic) bond motifs is 1. The van der Waals surface area contributed by atoms with Crippen LogP contribution in [0.1, 0.15) is 12.1 Å². The summed E-state index contributed by atoms with van der Waals surface area (Å²) < 4.78 is 33.2. The second kappa shape index (κ2) is 6.07. The van der Waals surface area contributed by atoms with Gasteiger partial charge in [-0.05, 0) is 25.5 Å². The summed E-state index contributed by atoms with van der Waals surface area (Å²) >= 11 is 0. The Kier molecular flexibility index (Phi) is 3.87. The highest BCUT2D eigenvalue weighted by atomic mass is 19.3. The molecule has 0 aliphatic carbocycles. The lowest BCUT2D eigenvalue weighted by molar-refractivity contribution is -0.156. The Balaban J connectivity index is 1.67. The summed E-state index contributed by atoms with van der Waals surface area (Å²) in [5.74, 6) is 1.32. The van der Waals surface area contributed by atoms with Gasteiger partial charge in [0.2, 0.25) is 5.95 Å². The topological polar surface area (TPSA) is 60.5 Å². The molecule has 0 spiro atoms. The number of imidazole rings is 1. The van der Waals surface area contributed by atoms with E-state index in [1.807, 2.05) is 52.2 Å². The van der Waals surface area contributed by atoms with Crippen molar-refractivity contribution in [3.05, 3.63) is 30.1 Å². The maximum absolute atomic E-state index is 12.4. The van der Waals surface area contributed by atoms with Crippen molar-refractivity contribution >= 4 is 11.6 Å². The molecule has 1 aliphatic heterocycles. The van der Waals surface area contributed by atoms with E-state index in [2.05, 4.69) is 19.9 Å². The lowest BCUT2D eigenvalue weighted by Crippen LogP contribution is -2.26. The number of anilines is 1. The summed E-state index contributed by atoms with van der Waals surface area (Å²) in [6, 6.07) is 5.79. The molecule has 25 heavy (non-hydrogen) atoms. The van der Waals surface area contributed by atoms with Crippen molar-refractivity contribution in [2.75, 3.05) is 18.0 Å². The molecule has 4 heterocycles. The molecular weight excluding hydrogens is 330 g/mol. The second-order valence-electron chi connectivity index (χ2n) is 6.11. The fraction of sp³-hybridized carbons (Fsp3) is 0.438. The van der Waals surface area contributed by atoms with E-state index in [4.69, 9.17) is 0 Å². The van der Waals surface area contributed by atoms with E-state index in [1.165, 1.54) is 0 Å². The number of aryl methyl sites for hydroxylation is 1. The summed E-state index contributed by atoms with van der Waals surface area (Å²) in [4.78, 5) is 6.47. The molecule has 0 amide bonds. The molecular formula is C16H18F2N6O. The van der Waals surface area contributed by atoms with Gasteiger partial charge in [-0.15, -0.1) is 10.2 Å². The Morgan fingerprint density at radius 2 is 2.12 bits per heavy atom. The largest absolute Gasteiger partial charge is 0.345 e. The van der Waals surface area contributed by atoms with Gasteiger partial charge in [-0.3, -0.25) is 8.97 Å². The van der Waals surface area contributed by atoms with Crippen LogP contribution in [0, 0.1) is 6.92 Å². The van der Waals surface area contributed by atoms with E-state index >= 15 is 0 Å². The van der Waals surface area contributed by atoms with Crippen LogP contribution in [0.5, 0.6) is 0 Å². The number of alkyl halides is 2. The van der Waals surface area contributed by atoms with E-state index in [-0.39, 0.29) is 0 Å². The Bertz CT molecular complexity index is 905. The van der Waals surface area contributed by atoms with Gasteiger partial charge in [0.1, 0.15) is 11.3 Å². The molecule has 0 radical (unpaired) electrons. The van der Waals surface area contributed by atoms with Crippen LogP contribution in [0.15, 0.2) is 24.4 Å². The highest BCUT2D eigenvalue weighted by Crippen LogP contribution is 2.27. The molecule has 0 saturated carbocycles. The summed E-state index contributed by atoms with van der Waals surface area (Å²) in [6.07, 6.45) is 1.99. The third kappa shape index (κ3) is 2.74. The van der Waals surface area contributed by atoms with Crippen molar-refractivity contribution in [2.24, 2.45) is 7.05 Å². The lowest BCUT2D eigenvalue weighted by Gasteiger charge is -2.17. The first-order valence-electron chi connectivity index (χ1n) is 8.06. The number of ether oxygens (including phenoxy) is 1. The van der Waals surface area contributed by atoms with Gasteiger partial charge in [0.15, 0.2) is 5.82 Å². The van der Waals surface area contributed by atoms with Crippen molar-refractivity contribution in [2.45, 2.75) is 26.1 Å². The minimum atomic E-state index is -2.75. The van der Waals surface area contributed by atoms with Crippen LogP contribution in [0.25, 0.3) is 17.2 Å².